The van der Waals surface area contributed by atoms with Gasteiger partial charge in [-0.1, -0.05) is 37.0 Å². The van der Waals surface area contributed by atoms with E-state index in [9.17, 15) is 4.79 Å². The van der Waals surface area contributed by atoms with Gasteiger partial charge in [0.15, 0.2) is 0 Å². The van der Waals surface area contributed by atoms with Gasteiger partial charge in [-0.3, -0.25) is 4.79 Å². The summed E-state index contributed by atoms with van der Waals surface area (Å²) in [5.74, 6) is 0.0426. The monoisotopic (exact) mass is 259 g/mol. The first-order valence-corrected chi connectivity index (χ1v) is 6.10. The Kier molecular flexibility index (Phi) is 5.10. The highest BCUT2D eigenvalue weighted by molar-refractivity contribution is 6.36. The van der Waals surface area contributed by atoms with E-state index in [0.717, 1.165) is 12.8 Å². The van der Waals surface area contributed by atoms with Crippen molar-refractivity contribution in [1.82, 2.24) is 0 Å². The van der Waals surface area contributed by atoms with E-state index in [1.165, 1.54) is 0 Å². The number of rotatable bonds is 4. The largest absolute Gasteiger partial charge is 0.325 e. The fraction of sp³-hybridized carbons (Fsp3) is 0.417. The molecule has 0 aliphatic carbocycles. The summed E-state index contributed by atoms with van der Waals surface area (Å²) in [4.78, 5) is 11.8. The zero-order chi connectivity index (χ0) is 12.1. The van der Waals surface area contributed by atoms with E-state index in [1.807, 2.05) is 13.8 Å². The number of hydrogen-bond acceptors (Lipinski definition) is 1. The average Bonchev–Trinajstić information content (AvgIpc) is 2.24. The fourth-order valence-corrected chi connectivity index (χ4v) is 1.94. The molecule has 4 heteroatoms. The van der Waals surface area contributed by atoms with Gasteiger partial charge in [0, 0.05) is 10.9 Å². The lowest BCUT2D eigenvalue weighted by molar-refractivity contribution is -0.120. The van der Waals surface area contributed by atoms with Crippen molar-refractivity contribution in [2.75, 3.05) is 5.32 Å². The molecule has 0 aliphatic rings. The molecule has 1 amide bonds. The van der Waals surface area contributed by atoms with Gasteiger partial charge < -0.3 is 5.32 Å². The summed E-state index contributed by atoms with van der Waals surface area (Å²) in [5, 5.41) is 3.84. The molecule has 1 N–H and O–H groups in total. The third kappa shape index (κ3) is 3.39. The molecule has 0 radical (unpaired) electrons. The van der Waals surface area contributed by atoms with E-state index in [4.69, 9.17) is 23.2 Å². The SMILES string of the molecule is CCC(CC)C(=O)Nc1ccc(Cl)cc1Cl. The average molecular weight is 260 g/mol. The second-order valence-corrected chi connectivity index (χ2v) is 4.47. The lowest BCUT2D eigenvalue weighted by atomic mass is 10.0. The van der Waals surface area contributed by atoms with E-state index in [-0.39, 0.29) is 11.8 Å². The van der Waals surface area contributed by atoms with Crippen molar-refractivity contribution >= 4 is 34.8 Å². The van der Waals surface area contributed by atoms with Crippen molar-refractivity contribution in [1.29, 1.82) is 0 Å². The molecule has 1 aromatic carbocycles. The van der Waals surface area contributed by atoms with Gasteiger partial charge in [0.25, 0.3) is 0 Å². The molecule has 0 heterocycles. The van der Waals surface area contributed by atoms with Gasteiger partial charge in [-0.05, 0) is 31.0 Å². The predicted molar refractivity (Wildman–Crippen MR) is 69.2 cm³/mol. The highest BCUT2D eigenvalue weighted by atomic mass is 35.5. The Bertz CT molecular complexity index is 375. The first-order valence-electron chi connectivity index (χ1n) is 5.34. The second-order valence-electron chi connectivity index (χ2n) is 3.63. The highest BCUT2D eigenvalue weighted by Crippen LogP contribution is 2.26. The Morgan fingerprint density at radius 2 is 1.94 bits per heavy atom. The van der Waals surface area contributed by atoms with E-state index in [2.05, 4.69) is 5.32 Å². The van der Waals surface area contributed by atoms with Crippen LogP contribution in [0.2, 0.25) is 10.0 Å². The third-order valence-corrected chi connectivity index (χ3v) is 3.09. The maximum Gasteiger partial charge on any atom is 0.227 e. The molecule has 0 saturated heterocycles. The summed E-state index contributed by atoms with van der Waals surface area (Å²) in [5.41, 5.74) is 0.614. The number of halogens is 2. The van der Waals surface area contributed by atoms with Crippen LogP contribution in [0, 0.1) is 5.92 Å². The molecule has 0 bridgehead atoms. The summed E-state index contributed by atoms with van der Waals surface area (Å²) < 4.78 is 0. The molecular formula is C12H15Cl2NO. The third-order valence-electron chi connectivity index (χ3n) is 2.55. The first kappa shape index (κ1) is 13.3. The number of nitrogens with one attached hydrogen (secondary N) is 1. The molecule has 0 aromatic heterocycles. The molecule has 0 aliphatic heterocycles. The van der Waals surface area contributed by atoms with Gasteiger partial charge in [0.2, 0.25) is 5.91 Å². The quantitative estimate of drug-likeness (QED) is 0.855. The lowest BCUT2D eigenvalue weighted by Crippen LogP contribution is -2.21. The van der Waals surface area contributed by atoms with E-state index >= 15 is 0 Å². The van der Waals surface area contributed by atoms with Crippen molar-refractivity contribution in [3.8, 4) is 0 Å². The number of hydrogen-bond donors (Lipinski definition) is 1. The van der Waals surface area contributed by atoms with Crippen LogP contribution in [0.1, 0.15) is 26.7 Å². The molecule has 2 nitrogen and oxygen atoms in total. The number of anilines is 1. The Labute approximate surface area is 106 Å². The van der Waals surface area contributed by atoms with Crippen LogP contribution >= 0.6 is 23.2 Å². The molecule has 0 unspecified atom stereocenters. The van der Waals surface area contributed by atoms with Crippen LogP contribution in [0.3, 0.4) is 0 Å². The smallest absolute Gasteiger partial charge is 0.227 e. The number of carbonyl (C=O) groups is 1. The van der Waals surface area contributed by atoms with Gasteiger partial charge in [-0.2, -0.15) is 0 Å². The Morgan fingerprint density at radius 3 is 2.44 bits per heavy atom. The Balaban J connectivity index is 2.76. The molecule has 0 saturated carbocycles. The van der Waals surface area contributed by atoms with E-state index in [1.54, 1.807) is 18.2 Å². The van der Waals surface area contributed by atoms with Crippen molar-refractivity contribution in [2.45, 2.75) is 26.7 Å². The standard InChI is InChI=1S/C12H15Cl2NO/c1-3-8(4-2)12(16)15-11-6-5-9(13)7-10(11)14/h5-8H,3-4H2,1-2H3,(H,15,16). The van der Waals surface area contributed by atoms with Crippen molar-refractivity contribution in [3.05, 3.63) is 28.2 Å². The van der Waals surface area contributed by atoms with Crippen LogP contribution in [-0.4, -0.2) is 5.91 Å². The Hall–Kier alpha value is -0.730. The number of amides is 1. The van der Waals surface area contributed by atoms with Crippen molar-refractivity contribution in [3.63, 3.8) is 0 Å². The zero-order valence-corrected chi connectivity index (χ0v) is 10.9. The molecule has 1 aromatic rings. The molecular weight excluding hydrogens is 245 g/mol. The summed E-state index contributed by atoms with van der Waals surface area (Å²) in [6.07, 6.45) is 1.65. The molecule has 1 rings (SSSR count). The van der Waals surface area contributed by atoms with Gasteiger partial charge in [-0.25, -0.2) is 0 Å². The number of carbonyl (C=O) groups excluding carboxylic acids is 1. The van der Waals surface area contributed by atoms with Crippen LogP contribution in [0.5, 0.6) is 0 Å². The van der Waals surface area contributed by atoms with E-state index < -0.39 is 0 Å². The summed E-state index contributed by atoms with van der Waals surface area (Å²) in [6.45, 7) is 3.99. The molecule has 16 heavy (non-hydrogen) atoms. The Morgan fingerprint density at radius 1 is 1.31 bits per heavy atom. The van der Waals surface area contributed by atoms with Crippen LogP contribution in [0.25, 0.3) is 0 Å². The number of benzene rings is 1. The second kappa shape index (κ2) is 6.12. The maximum absolute atomic E-state index is 11.8. The molecule has 0 fully saturated rings. The normalized spacial score (nSPS) is 10.6. The van der Waals surface area contributed by atoms with Crippen molar-refractivity contribution < 1.29 is 4.79 Å². The van der Waals surface area contributed by atoms with Crippen LogP contribution in [0.15, 0.2) is 18.2 Å². The van der Waals surface area contributed by atoms with Gasteiger partial charge in [0.05, 0.1) is 10.7 Å². The highest BCUT2D eigenvalue weighted by Gasteiger charge is 2.15. The molecule has 0 atom stereocenters. The van der Waals surface area contributed by atoms with Crippen molar-refractivity contribution in [2.24, 2.45) is 5.92 Å². The van der Waals surface area contributed by atoms with E-state index in [0.29, 0.717) is 15.7 Å². The lowest BCUT2D eigenvalue weighted by Gasteiger charge is -2.13. The molecule has 88 valence electrons. The topological polar surface area (TPSA) is 29.1 Å². The summed E-state index contributed by atoms with van der Waals surface area (Å²) >= 11 is 11.7. The van der Waals surface area contributed by atoms with Crippen LogP contribution in [0.4, 0.5) is 5.69 Å². The maximum atomic E-state index is 11.8. The van der Waals surface area contributed by atoms with Crippen LogP contribution < -0.4 is 5.32 Å². The predicted octanol–water partition coefficient (Wildman–Crippen LogP) is 4.37. The molecule has 0 spiro atoms. The minimum absolute atomic E-state index is 0.00854. The zero-order valence-electron chi connectivity index (χ0n) is 9.39. The van der Waals surface area contributed by atoms with Gasteiger partial charge >= 0.3 is 0 Å². The first-order chi connectivity index (χ1) is 7.58. The van der Waals surface area contributed by atoms with Crippen LogP contribution in [-0.2, 0) is 4.79 Å². The fourth-order valence-electron chi connectivity index (χ4n) is 1.49. The minimum atomic E-state index is 0.00854. The summed E-state index contributed by atoms with van der Waals surface area (Å²) in [6, 6.07) is 5.03. The minimum Gasteiger partial charge on any atom is -0.325 e. The van der Waals surface area contributed by atoms with Gasteiger partial charge in [0.1, 0.15) is 0 Å². The summed E-state index contributed by atoms with van der Waals surface area (Å²) in [7, 11) is 0. The van der Waals surface area contributed by atoms with Gasteiger partial charge in [-0.15, -0.1) is 0 Å².